The highest BCUT2D eigenvalue weighted by Gasteiger charge is 2.17. The lowest BCUT2D eigenvalue weighted by molar-refractivity contribution is 0.0513. The Kier molecular flexibility index (Phi) is 4.55. The SMILES string of the molecule is CCCc1noc(Cn2ccc(C)c2C(=O)OCC)n1. The Morgan fingerprint density at radius 3 is 2.95 bits per heavy atom. The lowest BCUT2D eigenvalue weighted by Crippen LogP contribution is -2.13. The molecule has 0 atom stereocenters. The summed E-state index contributed by atoms with van der Waals surface area (Å²) < 4.78 is 12.0. The van der Waals surface area contributed by atoms with Crippen LogP contribution in [0, 0.1) is 6.92 Å². The molecule has 6 heteroatoms. The molecule has 20 heavy (non-hydrogen) atoms. The number of carbonyl (C=O) groups is 1. The van der Waals surface area contributed by atoms with E-state index in [4.69, 9.17) is 9.26 Å². The summed E-state index contributed by atoms with van der Waals surface area (Å²) in [6.07, 6.45) is 3.58. The third kappa shape index (κ3) is 3.07. The molecule has 0 aromatic carbocycles. The fourth-order valence-corrected chi connectivity index (χ4v) is 2.02. The minimum atomic E-state index is -0.330. The van der Waals surface area contributed by atoms with Gasteiger partial charge in [-0.25, -0.2) is 4.79 Å². The van der Waals surface area contributed by atoms with E-state index >= 15 is 0 Å². The van der Waals surface area contributed by atoms with Gasteiger partial charge in [0.05, 0.1) is 6.61 Å². The summed E-state index contributed by atoms with van der Waals surface area (Å²) in [7, 11) is 0. The van der Waals surface area contributed by atoms with Gasteiger partial charge in [-0.05, 0) is 31.9 Å². The van der Waals surface area contributed by atoms with E-state index in [-0.39, 0.29) is 5.97 Å². The Morgan fingerprint density at radius 1 is 1.45 bits per heavy atom. The van der Waals surface area contributed by atoms with Crippen molar-refractivity contribution in [2.45, 2.75) is 40.2 Å². The Labute approximate surface area is 117 Å². The number of hydrogen-bond donors (Lipinski definition) is 0. The second kappa shape index (κ2) is 6.36. The molecule has 0 saturated carbocycles. The summed E-state index contributed by atoms with van der Waals surface area (Å²) >= 11 is 0. The summed E-state index contributed by atoms with van der Waals surface area (Å²) in [6.45, 7) is 6.45. The molecule has 0 fully saturated rings. The third-order valence-electron chi connectivity index (χ3n) is 2.92. The van der Waals surface area contributed by atoms with Crippen molar-refractivity contribution < 1.29 is 14.1 Å². The molecular formula is C14H19N3O3. The molecule has 2 aromatic rings. The van der Waals surface area contributed by atoms with Gasteiger partial charge in [0, 0.05) is 12.6 Å². The smallest absolute Gasteiger partial charge is 0.355 e. The summed E-state index contributed by atoms with van der Waals surface area (Å²) in [5, 5.41) is 3.90. The molecule has 0 amide bonds. The van der Waals surface area contributed by atoms with Crippen LogP contribution in [0.4, 0.5) is 0 Å². The van der Waals surface area contributed by atoms with Crippen molar-refractivity contribution in [3.8, 4) is 0 Å². The van der Waals surface area contributed by atoms with Crippen LogP contribution < -0.4 is 0 Å². The van der Waals surface area contributed by atoms with Crippen molar-refractivity contribution in [3.63, 3.8) is 0 Å². The van der Waals surface area contributed by atoms with E-state index in [9.17, 15) is 4.79 Å². The van der Waals surface area contributed by atoms with Gasteiger partial charge in [0.15, 0.2) is 5.82 Å². The van der Waals surface area contributed by atoms with Crippen molar-refractivity contribution in [2.75, 3.05) is 6.61 Å². The first kappa shape index (κ1) is 14.3. The molecule has 108 valence electrons. The maximum absolute atomic E-state index is 11.9. The summed E-state index contributed by atoms with van der Waals surface area (Å²) in [5.41, 5.74) is 1.40. The van der Waals surface area contributed by atoms with Crippen LogP contribution in [0.2, 0.25) is 0 Å². The first-order valence-electron chi connectivity index (χ1n) is 6.80. The quantitative estimate of drug-likeness (QED) is 0.758. The van der Waals surface area contributed by atoms with Crippen LogP contribution in [0.1, 0.15) is 48.0 Å². The van der Waals surface area contributed by atoms with E-state index < -0.39 is 0 Å². The second-order valence-corrected chi connectivity index (χ2v) is 4.55. The maximum atomic E-state index is 11.9. The van der Waals surface area contributed by atoms with E-state index in [1.165, 1.54) is 0 Å². The van der Waals surface area contributed by atoms with Gasteiger partial charge >= 0.3 is 5.97 Å². The van der Waals surface area contributed by atoms with Crippen LogP contribution >= 0.6 is 0 Å². The van der Waals surface area contributed by atoms with Gasteiger partial charge in [0.25, 0.3) is 0 Å². The Hall–Kier alpha value is -2.11. The van der Waals surface area contributed by atoms with E-state index in [1.807, 2.05) is 19.2 Å². The van der Waals surface area contributed by atoms with Gasteiger partial charge in [0.1, 0.15) is 12.2 Å². The van der Waals surface area contributed by atoms with Crippen LogP contribution in [0.25, 0.3) is 0 Å². The first-order chi connectivity index (χ1) is 9.65. The van der Waals surface area contributed by atoms with Crippen LogP contribution in [0.15, 0.2) is 16.8 Å². The summed E-state index contributed by atoms with van der Waals surface area (Å²) in [5.74, 6) is 0.863. The zero-order valence-corrected chi connectivity index (χ0v) is 12.0. The minimum absolute atomic E-state index is 0.330. The van der Waals surface area contributed by atoms with Crippen LogP contribution in [0.3, 0.4) is 0 Å². The number of esters is 1. The largest absolute Gasteiger partial charge is 0.461 e. The molecule has 2 heterocycles. The zero-order valence-electron chi connectivity index (χ0n) is 12.0. The zero-order chi connectivity index (χ0) is 14.5. The molecule has 2 rings (SSSR count). The Bertz CT molecular complexity index is 586. The van der Waals surface area contributed by atoms with Gasteiger partial charge in [-0.15, -0.1) is 0 Å². The number of hydrogen-bond acceptors (Lipinski definition) is 5. The lowest BCUT2D eigenvalue weighted by atomic mass is 10.3. The number of nitrogens with zero attached hydrogens (tertiary/aromatic N) is 3. The van der Waals surface area contributed by atoms with E-state index in [0.717, 1.165) is 18.4 Å². The van der Waals surface area contributed by atoms with Crippen molar-refractivity contribution in [1.29, 1.82) is 0 Å². The van der Waals surface area contributed by atoms with Gasteiger partial charge in [-0.3, -0.25) is 0 Å². The minimum Gasteiger partial charge on any atom is -0.461 e. The van der Waals surface area contributed by atoms with E-state index in [1.54, 1.807) is 11.5 Å². The lowest BCUT2D eigenvalue weighted by Gasteiger charge is -2.07. The average molecular weight is 277 g/mol. The predicted molar refractivity (Wildman–Crippen MR) is 72.5 cm³/mol. The molecular weight excluding hydrogens is 258 g/mol. The molecule has 0 radical (unpaired) electrons. The number of ether oxygens (including phenoxy) is 1. The molecule has 0 aliphatic heterocycles. The van der Waals surface area contributed by atoms with Gasteiger partial charge in [-0.1, -0.05) is 12.1 Å². The number of carbonyl (C=O) groups excluding carboxylic acids is 1. The molecule has 2 aromatic heterocycles. The average Bonchev–Trinajstić information content (AvgIpc) is 2.98. The fraction of sp³-hybridized carbons (Fsp3) is 0.500. The first-order valence-corrected chi connectivity index (χ1v) is 6.80. The van der Waals surface area contributed by atoms with Crippen molar-refractivity contribution in [1.82, 2.24) is 14.7 Å². The van der Waals surface area contributed by atoms with Crippen LogP contribution in [-0.2, 0) is 17.7 Å². The highest BCUT2D eigenvalue weighted by Crippen LogP contribution is 2.14. The molecule has 0 bridgehead atoms. The fourth-order valence-electron chi connectivity index (χ4n) is 2.02. The maximum Gasteiger partial charge on any atom is 0.355 e. The Morgan fingerprint density at radius 2 is 2.25 bits per heavy atom. The van der Waals surface area contributed by atoms with Crippen LogP contribution in [-0.4, -0.2) is 27.3 Å². The highest BCUT2D eigenvalue weighted by molar-refractivity contribution is 5.89. The van der Waals surface area contributed by atoms with Crippen LogP contribution in [0.5, 0.6) is 0 Å². The summed E-state index contributed by atoms with van der Waals surface area (Å²) in [4.78, 5) is 16.2. The van der Waals surface area contributed by atoms with Crippen molar-refractivity contribution >= 4 is 5.97 Å². The van der Waals surface area contributed by atoms with E-state index in [0.29, 0.717) is 30.6 Å². The van der Waals surface area contributed by atoms with Crippen molar-refractivity contribution in [2.24, 2.45) is 0 Å². The molecule has 6 nitrogen and oxygen atoms in total. The van der Waals surface area contributed by atoms with Gasteiger partial charge in [0.2, 0.25) is 5.89 Å². The molecule has 0 aliphatic rings. The monoisotopic (exact) mass is 277 g/mol. The molecule has 0 aliphatic carbocycles. The van der Waals surface area contributed by atoms with Crippen molar-refractivity contribution in [3.05, 3.63) is 35.2 Å². The predicted octanol–water partition coefficient (Wildman–Crippen LogP) is 2.36. The molecule has 0 spiro atoms. The van der Waals surface area contributed by atoms with Gasteiger partial charge in [-0.2, -0.15) is 4.98 Å². The van der Waals surface area contributed by atoms with Gasteiger partial charge < -0.3 is 13.8 Å². The molecule has 0 unspecified atom stereocenters. The highest BCUT2D eigenvalue weighted by atomic mass is 16.5. The van der Waals surface area contributed by atoms with E-state index in [2.05, 4.69) is 17.1 Å². The normalized spacial score (nSPS) is 10.8. The molecule has 0 N–H and O–H groups in total. The molecule has 0 saturated heterocycles. The number of rotatable bonds is 6. The number of aryl methyl sites for hydroxylation is 2. The topological polar surface area (TPSA) is 70.2 Å². The summed E-state index contributed by atoms with van der Waals surface area (Å²) in [6, 6.07) is 1.87. The number of aromatic nitrogens is 3. The Balaban J connectivity index is 2.18. The second-order valence-electron chi connectivity index (χ2n) is 4.55. The third-order valence-corrected chi connectivity index (χ3v) is 2.92. The standard InChI is InChI=1S/C14H19N3O3/c1-4-6-11-15-12(20-16-11)9-17-8-7-10(3)13(17)14(18)19-5-2/h7-8H,4-6,9H2,1-3H3.